The highest BCUT2D eigenvalue weighted by Gasteiger charge is 2.34. The first kappa shape index (κ1) is 11.5. The number of hydrogen-bond donors (Lipinski definition) is 1. The third-order valence-corrected chi connectivity index (χ3v) is 3.53. The highest BCUT2D eigenvalue weighted by atomic mass is 32.2. The van der Waals surface area contributed by atoms with Gasteiger partial charge in [0.1, 0.15) is 6.04 Å². The van der Waals surface area contributed by atoms with Gasteiger partial charge in [0.25, 0.3) is 5.91 Å². The Labute approximate surface area is 100 Å². The van der Waals surface area contributed by atoms with Gasteiger partial charge in [0, 0.05) is 12.1 Å². The molecule has 1 aromatic carbocycles. The molecule has 4 heteroatoms. The van der Waals surface area contributed by atoms with Crippen molar-refractivity contribution in [2.24, 2.45) is 5.92 Å². The van der Waals surface area contributed by atoms with Crippen molar-refractivity contribution >= 4 is 18.0 Å². The van der Waals surface area contributed by atoms with Crippen LogP contribution < -0.4 is 4.72 Å². The van der Waals surface area contributed by atoms with Gasteiger partial charge < -0.3 is 0 Å². The number of nitrogens with zero attached hydrogens (tertiary/aromatic N) is 1. The highest BCUT2D eigenvalue weighted by Crippen LogP contribution is 2.24. The summed E-state index contributed by atoms with van der Waals surface area (Å²) in [5.41, 5.74) is 1.16. The molecule has 0 saturated carbocycles. The Bertz CT molecular complexity index is 367. The molecule has 16 heavy (non-hydrogen) atoms. The summed E-state index contributed by atoms with van der Waals surface area (Å²) in [4.78, 5) is 12.0. The van der Waals surface area contributed by atoms with Gasteiger partial charge in [-0.2, -0.15) is 0 Å². The Balaban J connectivity index is 2.01. The molecule has 1 aliphatic heterocycles. The van der Waals surface area contributed by atoms with Crippen LogP contribution in [0.3, 0.4) is 0 Å². The summed E-state index contributed by atoms with van der Waals surface area (Å²) < 4.78 is 4.96. The Morgan fingerprint density at radius 2 is 2.06 bits per heavy atom. The van der Waals surface area contributed by atoms with Crippen molar-refractivity contribution in [2.45, 2.75) is 26.4 Å². The van der Waals surface area contributed by atoms with Gasteiger partial charge in [0.05, 0.1) is 6.54 Å². The van der Waals surface area contributed by atoms with E-state index in [4.69, 9.17) is 0 Å². The summed E-state index contributed by atoms with van der Waals surface area (Å²) in [6, 6.07) is 10.0. The lowest BCUT2D eigenvalue weighted by Crippen LogP contribution is -2.34. The topological polar surface area (TPSA) is 32.3 Å². The first-order chi connectivity index (χ1) is 7.68. The maximum Gasteiger partial charge on any atom is 0.252 e. The molecule has 1 saturated heterocycles. The van der Waals surface area contributed by atoms with Crippen molar-refractivity contribution in [1.82, 2.24) is 9.03 Å². The van der Waals surface area contributed by atoms with Crippen LogP contribution in [0, 0.1) is 5.92 Å². The van der Waals surface area contributed by atoms with Gasteiger partial charge >= 0.3 is 0 Å². The molecule has 0 spiro atoms. The second-order valence-electron chi connectivity index (χ2n) is 4.29. The molecular weight excluding hydrogens is 220 g/mol. The molecule has 2 rings (SSSR count). The van der Waals surface area contributed by atoms with Crippen molar-refractivity contribution < 1.29 is 4.79 Å². The number of nitrogens with one attached hydrogen (secondary N) is 1. The van der Waals surface area contributed by atoms with E-state index in [0.717, 1.165) is 5.56 Å². The number of rotatable bonds is 3. The van der Waals surface area contributed by atoms with Gasteiger partial charge in [-0.25, -0.2) is 4.72 Å². The van der Waals surface area contributed by atoms with Gasteiger partial charge in [-0.15, -0.1) is 0 Å². The second-order valence-corrected chi connectivity index (χ2v) is 5.15. The third-order valence-electron chi connectivity index (χ3n) is 2.64. The van der Waals surface area contributed by atoms with Gasteiger partial charge in [-0.05, 0) is 11.5 Å². The second kappa shape index (κ2) is 4.89. The Hall–Kier alpha value is -1.00. The smallest absolute Gasteiger partial charge is 0.252 e. The normalized spacial score (nSPS) is 20.8. The fraction of sp³-hybridized carbons (Fsp3) is 0.417. The van der Waals surface area contributed by atoms with E-state index in [-0.39, 0.29) is 11.9 Å². The number of hydrogen-bond acceptors (Lipinski definition) is 3. The van der Waals surface area contributed by atoms with E-state index in [1.807, 2.05) is 30.3 Å². The molecule has 1 fully saturated rings. The van der Waals surface area contributed by atoms with E-state index in [0.29, 0.717) is 12.5 Å². The lowest BCUT2D eigenvalue weighted by molar-refractivity contribution is -0.127. The van der Waals surface area contributed by atoms with Crippen molar-refractivity contribution in [3.05, 3.63) is 35.9 Å². The average molecular weight is 236 g/mol. The summed E-state index contributed by atoms with van der Waals surface area (Å²) in [6.45, 7) is 4.78. The van der Waals surface area contributed by atoms with E-state index in [2.05, 4.69) is 18.6 Å². The summed E-state index contributed by atoms with van der Waals surface area (Å²) in [5, 5.41) is 0. The average Bonchev–Trinajstić information content (AvgIpc) is 2.62. The van der Waals surface area contributed by atoms with Gasteiger partial charge in [0.15, 0.2) is 0 Å². The largest absolute Gasteiger partial charge is 0.272 e. The number of carbonyl (C=O) groups excluding carboxylic acids is 1. The predicted octanol–water partition coefficient (Wildman–Crippen LogP) is 2.21. The van der Waals surface area contributed by atoms with Crippen LogP contribution in [0.4, 0.5) is 0 Å². The molecule has 1 aromatic rings. The Kier molecular flexibility index (Phi) is 3.51. The van der Waals surface area contributed by atoms with Crippen molar-refractivity contribution in [2.75, 3.05) is 0 Å². The molecule has 86 valence electrons. The molecule has 0 aromatic heterocycles. The van der Waals surface area contributed by atoms with Crippen LogP contribution in [-0.2, 0) is 11.3 Å². The zero-order valence-corrected chi connectivity index (χ0v) is 10.3. The van der Waals surface area contributed by atoms with Crippen molar-refractivity contribution in [3.8, 4) is 0 Å². The summed E-state index contributed by atoms with van der Waals surface area (Å²) in [7, 11) is 0. The highest BCUT2D eigenvalue weighted by molar-refractivity contribution is 7.96. The van der Waals surface area contributed by atoms with Crippen LogP contribution in [0.1, 0.15) is 19.4 Å². The first-order valence-electron chi connectivity index (χ1n) is 5.46. The van der Waals surface area contributed by atoms with Crippen LogP contribution in [0.15, 0.2) is 30.3 Å². The minimum Gasteiger partial charge on any atom is -0.272 e. The molecule has 1 heterocycles. The summed E-state index contributed by atoms with van der Waals surface area (Å²) in [5.74, 6) is 0.518. The van der Waals surface area contributed by atoms with Crippen LogP contribution in [0.5, 0.6) is 0 Å². The Morgan fingerprint density at radius 3 is 2.62 bits per heavy atom. The van der Waals surface area contributed by atoms with Crippen molar-refractivity contribution in [1.29, 1.82) is 0 Å². The fourth-order valence-electron chi connectivity index (χ4n) is 1.65. The third kappa shape index (κ3) is 2.39. The molecule has 1 aliphatic rings. The molecule has 0 bridgehead atoms. The molecular formula is C12H16N2OS. The summed E-state index contributed by atoms with van der Waals surface area (Å²) >= 11 is 1.42. The maximum absolute atomic E-state index is 12.0. The molecule has 0 aliphatic carbocycles. The molecule has 1 unspecified atom stereocenters. The van der Waals surface area contributed by atoms with Crippen LogP contribution in [0.25, 0.3) is 0 Å². The van der Waals surface area contributed by atoms with Gasteiger partial charge in [-0.1, -0.05) is 44.2 Å². The number of carbonyl (C=O) groups is 1. The number of benzene rings is 1. The van der Waals surface area contributed by atoms with Crippen LogP contribution in [-0.4, -0.2) is 16.3 Å². The summed E-state index contributed by atoms with van der Waals surface area (Å²) in [6.07, 6.45) is 0. The van der Waals surface area contributed by atoms with Crippen LogP contribution >= 0.6 is 12.1 Å². The SMILES string of the molecule is CC(C)C1NSN(Cc2ccccc2)C1=O. The Morgan fingerprint density at radius 1 is 1.38 bits per heavy atom. The lowest BCUT2D eigenvalue weighted by Gasteiger charge is -2.14. The molecule has 1 atom stereocenters. The maximum atomic E-state index is 12.0. The predicted molar refractivity (Wildman–Crippen MR) is 66.3 cm³/mol. The quantitative estimate of drug-likeness (QED) is 0.817. The van der Waals surface area contributed by atoms with E-state index >= 15 is 0 Å². The molecule has 3 nitrogen and oxygen atoms in total. The van der Waals surface area contributed by atoms with E-state index < -0.39 is 0 Å². The van der Waals surface area contributed by atoms with Crippen molar-refractivity contribution in [3.63, 3.8) is 0 Å². The lowest BCUT2D eigenvalue weighted by atomic mass is 10.0. The minimum atomic E-state index is -0.0475. The zero-order chi connectivity index (χ0) is 11.5. The van der Waals surface area contributed by atoms with E-state index in [1.165, 1.54) is 12.1 Å². The minimum absolute atomic E-state index is 0.0475. The fourth-order valence-corrected chi connectivity index (χ4v) is 2.68. The van der Waals surface area contributed by atoms with Crippen LogP contribution in [0.2, 0.25) is 0 Å². The van der Waals surface area contributed by atoms with E-state index in [1.54, 1.807) is 4.31 Å². The molecule has 1 amide bonds. The zero-order valence-electron chi connectivity index (χ0n) is 9.51. The van der Waals surface area contributed by atoms with Gasteiger partial charge in [0.2, 0.25) is 0 Å². The standard InChI is InChI=1S/C12H16N2OS/c1-9(2)11-12(15)14(16-13-11)8-10-6-4-3-5-7-10/h3-7,9,11,13H,8H2,1-2H3. The molecule has 0 radical (unpaired) electrons. The van der Waals surface area contributed by atoms with E-state index in [9.17, 15) is 4.79 Å². The van der Waals surface area contributed by atoms with Gasteiger partial charge in [-0.3, -0.25) is 9.10 Å². The monoisotopic (exact) mass is 236 g/mol. The first-order valence-corrected chi connectivity index (χ1v) is 6.23. The molecule has 1 N–H and O–H groups in total. The number of amides is 1.